The van der Waals surface area contributed by atoms with Crippen LogP contribution in [0.1, 0.15) is 20.3 Å². The van der Waals surface area contributed by atoms with E-state index in [9.17, 15) is 4.79 Å². The maximum Gasteiger partial charge on any atom is 0.314 e. The van der Waals surface area contributed by atoms with Gasteiger partial charge in [0, 0.05) is 31.5 Å². The van der Waals surface area contributed by atoms with E-state index in [1.165, 1.54) is 0 Å². The Kier molecular flexibility index (Phi) is 4.74. The van der Waals surface area contributed by atoms with Gasteiger partial charge in [0.15, 0.2) is 0 Å². The summed E-state index contributed by atoms with van der Waals surface area (Å²) in [5.74, 6) is 0. The van der Waals surface area contributed by atoms with Crippen LogP contribution in [-0.4, -0.2) is 23.2 Å². The number of carbonyl (C=O) groups is 1. The molecule has 2 amide bonds. The maximum absolute atomic E-state index is 11.2. The molecule has 1 aromatic heterocycles. The lowest BCUT2D eigenvalue weighted by Gasteiger charge is -2.10. The van der Waals surface area contributed by atoms with Gasteiger partial charge in [0.25, 0.3) is 0 Å². The van der Waals surface area contributed by atoms with Crippen LogP contribution in [0, 0.1) is 0 Å². The van der Waals surface area contributed by atoms with Gasteiger partial charge < -0.3 is 15.2 Å². The van der Waals surface area contributed by atoms with Crippen molar-refractivity contribution in [1.29, 1.82) is 0 Å². The number of amides is 2. The second-order valence-electron chi connectivity index (χ2n) is 3.83. The third kappa shape index (κ3) is 5.10. The molecular formula is C11H19N3O. The molecule has 0 saturated carbocycles. The first-order chi connectivity index (χ1) is 7.18. The standard InChI is InChI=1S/C11H19N3O/c1-10(2)13-11(15)12-6-5-9-14-7-3-4-8-14/h3-4,7-8,10H,5-6,9H2,1-2H3,(H2,12,13,15). The Labute approximate surface area is 90.7 Å². The molecule has 1 heterocycles. The normalized spacial score (nSPS) is 10.3. The Balaban J connectivity index is 2.04. The van der Waals surface area contributed by atoms with Crippen molar-refractivity contribution in [2.75, 3.05) is 6.54 Å². The summed E-state index contributed by atoms with van der Waals surface area (Å²) >= 11 is 0. The third-order valence-electron chi connectivity index (χ3n) is 1.96. The molecule has 2 N–H and O–H groups in total. The number of aryl methyl sites for hydroxylation is 1. The van der Waals surface area contributed by atoms with Gasteiger partial charge in [-0.15, -0.1) is 0 Å². The van der Waals surface area contributed by atoms with Crippen molar-refractivity contribution >= 4 is 6.03 Å². The first kappa shape index (κ1) is 11.6. The summed E-state index contributed by atoms with van der Waals surface area (Å²) in [5.41, 5.74) is 0. The topological polar surface area (TPSA) is 46.1 Å². The molecule has 1 aromatic rings. The zero-order chi connectivity index (χ0) is 11.1. The van der Waals surface area contributed by atoms with Gasteiger partial charge in [-0.2, -0.15) is 0 Å². The van der Waals surface area contributed by atoms with Crippen LogP contribution >= 0.6 is 0 Å². The molecule has 84 valence electrons. The van der Waals surface area contributed by atoms with Crippen molar-refractivity contribution in [2.24, 2.45) is 0 Å². The average molecular weight is 209 g/mol. The van der Waals surface area contributed by atoms with Crippen LogP contribution in [0.4, 0.5) is 4.79 Å². The largest absolute Gasteiger partial charge is 0.354 e. The second-order valence-corrected chi connectivity index (χ2v) is 3.83. The van der Waals surface area contributed by atoms with Gasteiger partial charge in [0.1, 0.15) is 0 Å². The molecule has 15 heavy (non-hydrogen) atoms. The van der Waals surface area contributed by atoms with Gasteiger partial charge in [-0.1, -0.05) is 0 Å². The molecule has 4 heteroatoms. The summed E-state index contributed by atoms with van der Waals surface area (Å²) in [6, 6.07) is 4.10. The molecule has 0 fully saturated rings. The van der Waals surface area contributed by atoms with Crippen LogP contribution < -0.4 is 10.6 Å². The van der Waals surface area contributed by atoms with E-state index >= 15 is 0 Å². The first-order valence-corrected chi connectivity index (χ1v) is 5.33. The monoisotopic (exact) mass is 209 g/mol. The highest BCUT2D eigenvalue weighted by molar-refractivity contribution is 5.73. The molecule has 0 bridgehead atoms. The minimum absolute atomic E-state index is 0.0856. The van der Waals surface area contributed by atoms with Crippen LogP contribution in [0.25, 0.3) is 0 Å². The van der Waals surface area contributed by atoms with E-state index in [1.807, 2.05) is 38.4 Å². The lowest BCUT2D eigenvalue weighted by molar-refractivity contribution is 0.238. The highest BCUT2D eigenvalue weighted by atomic mass is 16.2. The first-order valence-electron chi connectivity index (χ1n) is 5.33. The summed E-state index contributed by atoms with van der Waals surface area (Å²) in [5, 5.41) is 5.59. The average Bonchev–Trinajstić information content (AvgIpc) is 2.63. The molecule has 0 aliphatic carbocycles. The number of urea groups is 1. The van der Waals surface area contributed by atoms with E-state index in [0.717, 1.165) is 13.0 Å². The van der Waals surface area contributed by atoms with E-state index in [0.29, 0.717) is 6.54 Å². The number of nitrogens with one attached hydrogen (secondary N) is 2. The van der Waals surface area contributed by atoms with Crippen LogP contribution in [0.3, 0.4) is 0 Å². The van der Waals surface area contributed by atoms with E-state index in [4.69, 9.17) is 0 Å². The van der Waals surface area contributed by atoms with Crippen molar-refractivity contribution in [3.8, 4) is 0 Å². The SMILES string of the molecule is CC(C)NC(=O)NCCCn1cccc1. The lowest BCUT2D eigenvalue weighted by atomic mass is 10.4. The van der Waals surface area contributed by atoms with Crippen LogP contribution in [-0.2, 0) is 6.54 Å². The highest BCUT2D eigenvalue weighted by Crippen LogP contribution is 1.91. The Bertz CT molecular complexity index is 280. The highest BCUT2D eigenvalue weighted by Gasteiger charge is 2.00. The lowest BCUT2D eigenvalue weighted by Crippen LogP contribution is -2.39. The molecule has 0 aliphatic heterocycles. The predicted molar refractivity (Wildman–Crippen MR) is 60.7 cm³/mol. The number of carbonyl (C=O) groups excluding carboxylic acids is 1. The van der Waals surface area contributed by atoms with Crippen LogP contribution in [0.15, 0.2) is 24.5 Å². The second kappa shape index (κ2) is 6.11. The Morgan fingerprint density at radius 1 is 1.33 bits per heavy atom. The number of rotatable bonds is 5. The fraction of sp³-hybridized carbons (Fsp3) is 0.545. The maximum atomic E-state index is 11.2. The Hall–Kier alpha value is -1.45. The fourth-order valence-electron chi connectivity index (χ4n) is 1.30. The Morgan fingerprint density at radius 3 is 2.60 bits per heavy atom. The summed E-state index contributed by atoms with van der Waals surface area (Å²) in [6.45, 7) is 5.53. The molecule has 1 rings (SSSR count). The molecule has 4 nitrogen and oxygen atoms in total. The number of aromatic nitrogens is 1. The van der Waals surface area contributed by atoms with E-state index in [1.54, 1.807) is 0 Å². The van der Waals surface area contributed by atoms with Crippen molar-refractivity contribution in [2.45, 2.75) is 32.9 Å². The zero-order valence-corrected chi connectivity index (χ0v) is 9.36. The number of hydrogen-bond acceptors (Lipinski definition) is 1. The minimum atomic E-state index is -0.0856. The minimum Gasteiger partial charge on any atom is -0.354 e. The molecule has 0 spiro atoms. The van der Waals surface area contributed by atoms with Gasteiger partial charge in [-0.05, 0) is 32.4 Å². The summed E-state index contributed by atoms with van der Waals surface area (Å²) < 4.78 is 2.10. The summed E-state index contributed by atoms with van der Waals surface area (Å²) in [7, 11) is 0. The van der Waals surface area contributed by atoms with Gasteiger partial charge in [0.2, 0.25) is 0 Å². The quantitative estimate of drug-likeness (QED) is 0.711. The predicted octanol–water partition coefficient (Wildman–Crippen LogP) is 1.59. The van der Waals surface area contributed by atoms with Crippen molar-refractivity contribution in [3.05, 3.63) is 24.5 Å². The van der Waals surface area contributed by atoms with Crippen molar-refractivity contribution in [1.82, 2.24) is 15.2 Å². The number of hydrogen-bond donors (Lipinski definition) is 2. The van der Waals surface area contributed by atoms with Crippen LogP contribution in [0.5, 0.6) is 0 Å². The van der Waals surface area contributed by atoms with E-state index in [2.05, 4.69) is 15.2 Å². The van der Waals surface area contributed by atoms with Gasteiger partial charge in [-0.3, -0.25) is 0 Å². The van der Waals surface area contributed by atoms with E-state index in [-0.39, 0.29) is 12.1 Å². The summed E-state index contributed by atoms with van der Waals surface area (Å²) in [4.78, 5) is 11.2. The molecule has 0 unspecified atom stereocenters. The Morgan fingerprint density at radius 2 is 2.00 bits per heavy atom. The zero-order valence-electron chi connectivity index (χ0n) is 9.36. The third-order valence-corrected chi connectivity index (χ3v) is 1.96. The van der Waals surface area contributed by atoms with E-state index < -0.39 is 0 Å². The molecule has 0 saturated heterocycles. The molecule has 0 aromatic carbocycles. The molecule has 0 aliphatic rings. The van der Waals surface area contributed by atoms with Crippen LogP contribution in [0.2, 0.25) is 0 Å². The van der Waals surface area contributed by atoms with Crippen molar-refractivity contribution < 1.29 is 4.79 Å². The molecular weight excluding hydrogens is 190 g/mol. The van der Waals surface area contributed by atoms with Gasteiger partial charge in [0.05, 0.1) is 0 Å². The van der Waals surface area contributed by atoms with Crippen molar-refractivity contribution in [3.63, 3.8) is 0 Å². The summed E-state index contributed by atoms with van der Waals surface area (Å²) in [6.07, 6.45) is 4.99. The number of nitrogens with zero attached hydrogens (tertiary/aromatic N) is 1. The molecule has 0 atom stereocenters. The fourth-order valence-corrected chi connectivity index (χ4v) is 1.30. The van der Waals surface area contributed by atoms with Gasteiger partial charge in [-0.25, -0.2) is 4.79 Å². The van der Waals surface area contributed by atoms with Gasteiger partial charge >= 0.3 is 6.03 Å². The molecule has 0 radical (unpaired) electrons. The smallest absolute Gasteiger partial charge is 0.314 e.